The number of hydrogen-bond donors (Lipinski definition) is 1. The number of esters is 1. The quantitative estimate of drug-likeness (QED) is 0.608. The van der Waals surface area contributed by atoms with E-state index in [-0.39, 0.29) is 23.5 Å². The van der Waals surface area contributed by atoms with Crippen LogP contribution >= 0.6 is 0 Å². The van der Waals surface area contributed by atoms with Gasteiger partial charge in [-0.15, -0.1) is 0 Å². The Hall–Kier alpha value is -2.05. The van der Waals surface area contributed by atoms with Gasteiger partial charge in [0, 0.05) is 49.1 Å². The highest BCUT2D eigenvalue weighted by Gasteiger charge is 2.73. The molecule has 2 fully saturated rings. The smallest absolute Gasteiger partial charge is 0.303 e. The molecule has 0 bridgehead atoms. The maximum Gasteiger partial charge on any atom is 0.303 e. The fraction of sp³-hybridized carbons (Fsp3) is 0.625. The van der Waals surface area contributed by atoms with Crippen LogP contribution in [0.15, 0.2) is 24.3 Å². The second-order valence-electron chi connectivity index (χ2n) is 9.47. The van der Waals surface area contributed by atoms with Crippen LogP contribution in [0.3, 0.4) is 0 Å². The molecule has 1 aromatic rings. The van der Waals surface area contributed by atoms with Crippen LogP contribution in [0, 0.1) is 12.3 Å². The van der Waals surface area contributed by atoms with Crippen LogP contribution in [0.1, 0.15) is 37.8 Å². The molecule has 1 spiro atoms. The first kappa shape index (κ1) is 19.9. The molecule has 1 N–H and O–H groups in total. The predicted octanol–water partition coefficient (Wildman–Crippen LogP) is 2.41. The largest absolute Gasteiger partial charge is 0.496 e. The minimum Gasteiger partial charge on any atom is -0.496 e. The standard InChI is InChI=1S/C24H32N2O4/c1-6-23-8-7-10-26-11-9-24(22(23)26)16-12-14(2)18(29-5)13-17(16)25(4)20(24)19(28)21(23)30-15(3)27/h7-8,12-13,19-22,28H,6,9-11H2,1-5H3/t19-,20-,21-,22?,23-,24-/m0/s1. The SMILES string of the molecule is CC[C@]12C=CCN3CC[C@@]4(c5cc(C)c(OC)cc5N(C)[C@H]4[C@H](O)[C@@H]1OC(C)=O)C32. The summed E-state index contributed by atoms with van der Waals surface area (Å²) >= 11 is 0. The van der Waals surface area contributed by atoms with Crippen LogP contribution in [-0.4, -0.2) is 67.5 Å². The van der Waals surface area contributed by atoms with Gasteiger partial charge in [-0.1, -0.05) is 19.1 Å². The number of rotatable bonds is 3. The molecule has 6 nitrogen and oxygen atoms in total. The summed E-state index contributed by atoms with van der Waals surface area (Å²) in [6.07, 6.45) is 4.88. The van der Waals surface area contributed by atoms with Gasteiger partial charge in [-0.25, -0.2) is 0 Å². The van der Waals surface area contributed by atoms with Crippen molar-refractivity contribution in [3.8, 4) is 5.75 Å². The Balaban J connectivity index is 1.78. The van der Waals surface area contributed by atoms with Crippen molar-refractivity contribution >= 4 is 11.7 Å². The molecule has 1 aromatic carbocycles. The van der Waals surface area contributed by atoms with Crippen LogP contribution in [0.25, 0.3) is 0 Å². The summed E-state index contributed by atoms with van der Waals surface area (Å²) in [6.45, 7) is 7.56. The van der Waals surface area contributed by atoms with Crippen LogP contribution < -0.4 is 9.64 Å². The minimum atomic E-state index is -0.781. The highest BCUT2D eigenvalue weighted by Crippen LogP contribution is 2.65. The lowest BCUT2D eigenvalue weighted by atomic mass is 9.51. The summed E-state index contributed by atoms with van der Waals surface area (Å²) in [6, 6.07) is 4.41. The van der Waals surface area contributed by atoms with Crippen molar-refractivity contribution in [1.29, 1.82) is 0 Å². The van der Waals surface area contributed by atoms with Gasteiger partial charge < -0.3 is 19.5 Å². The first-order valence-electron chi connectivity index (χ1n) is 11.0. The number of likely N-dealkylation sites (N-methyl/N-ethyl adjacent to an activating group) is 1. The Labute approximate surface area is 178 Å². The van der Waals surface area contributed by atoms with Crippen LogP contribution in [-0.2, 0) is 14.9 Å². The number of aliphatic hydroxyl groups excluding tert-OH is 1. The topological polar surface area (TPSA) is 62.2 Å². The molecule has 162 valence electrons. The third-order valence-corrected chi connectivity index (χ3v) is 8.35. The predicted molar refractivity (Wildman–Crippen MR) is 115 cm³/mol. The number of carbonyl (C=O) groups excluding carboxylic acids is 1. The van der Waals surface area contributed by atoms with Crippen molar-refractivity contribution in [2.24, 2.45) is 5.41 Å². The number of nitrogens with zero attached hydrogens (tertiary/aromatic N) is 2. The fourth-order valence-electron chi connectivity index (χ4n) is 7.38. The van der Waals surface area contributed by atoms with Gasteiger partial charge in [-0.05, 0) is 43.5 Å². The molecule has 3 aliphatic heterocycles. The molecule has 30 heavy (non-hydrogen) atoms. The first-order chi connectivity index (χ1) is 14.3. The van der Waals surface area contributed by atoms with Gasteiger partial charge >= 0.3 is 5.97 Å². The maximum atomic E-state index is 12.1. The molecule has 0 amide bonds. The normalized spacial score (nSPS) is 38.8. The molecule has 1 saturated carbocycles. The number of ether oxygens (including phenoxy) is 2. The molecule has 0 aromatic heterocycles. The summed E-state index contributed by atoms with van der Waals surface area (Å²) in [4.78, 5) is 16.8. The molecule has 6 heteroatoms. The Morgan fingerprint density at radius 3 is 2.80 bits per heavy atom. The lowest BCUT2D eigenvalue weighted by Gasteiger charge is -2.60. The average molecular weight is 413 g/mol. The second-order valence-corrected chi connectivity index (χ2v) is 9.47. The van der Waals surface area contributed by atoms with E-state index in [1.165, 1.54) is 12.5 Å². The molecule has 3 heterocycles. The summed E-state index contributed by atoms with van der Waals surface area (Å²) in [7, 11) is 3.76. The maximum absolute atomic E-state index is 12.1. The number of fused-ring (bicyclic) bond motifs is 1. The highest BCUT2D eigenvalue weighted by atomic mass is 16.6. The van der Waals surface area contributed by atoms with Crippen molar-refractivity contribution in [3.63, 3.8) is 0 Å². The third kappa shape index (κ3) is 2.19. The van der Waals surface area contributed by atoms with Gasteiger partial charge in [0.15, 0.2) is 0 Å². The summed E-state index contributed by atoms with van der Waals surface area (Å²) < 4.78 is 11.5. The molecule has 4 aliphatic rings. The summed E-state index contributed by atoms with van der Waals surface area (Å²) in [5, 5.41) is 11.8. The number of methoxy groups -OCH3 is 1. The molecule has 0 radical (unpaired) electrons. The zero-order valence-corrected chi connectivity index (χ0v) is 18.5. The Morgan fingerprint density at radius 1 is 1.37 bits per heavy atom. The Bertz CT molecular complexity index is 930. The average Bonchev–Trinajstić information content (AvgIpc) is 3.22. The Kier molecular flexibility index (Phi) is 4.29. The lowest BCUT2D eigenvalue weighted by molar-refractivity contribution is -0.184. The van der Waals surface area contributed by atoms with Crippen molar-refractivity contribution in [2.45, 2.75) is 63.3 Å². The summed E-state index contributed by atoms with van der Waals surface area (Å²) in [5.41, 5.74) is 2.91. The van der Waals surface area contributed by atoms with Crippen LogP contribution in [0.4, 0.5) is 5.69 Å². The number of benzene rings is 1. The molecule has 6 atom stereocenters. The first-order valence-corrected chi connectivity index (χ1v) is 11.0. The molecular weight excluding hydrogens is 380 g/mol. The van der Waals surface area contributed by atoms with E-state index >= 15 is 0 Å². The number of aliphatic hydroxyl groups is 1. The zero-order chi connectivity index (χ0) is 21.4. The van der Waals surface area contributed by atoms with Gasteiger partial charge in [0.1, 0.15) is 18.0 Å². The molecule has 1 saturated heterocycles. The van der Waals surface area contributed by atoms with E-state index in [1.807, 2.05) is 0 Å². The monoisotopic (exact) mass is 412 g/mol. The van der Waals surface area contributed by atoms with Gasteiger partial charge in [-0.2, -0.15) is 0 Å². The van der Waals surface area contributed by atoms with Gasteiger partial charge in [0.25, 0.3) is 0 Å². The van der Waals surface area contributed by atoms with E-state index in [0.717, 1.165) is 42.9 Å². The molecular formula is C24H32N2O4. The third-order valence-electron chi connectivity index (χ3n) is 8.35. The van der Waals surface area contributed by atoms with E-state index in [4.69, 9.17) is 9.47 Å². The zero-order valence-electron chi connectivity index (χ0n) is 18.5. The highest BCUT2D eigenvalue weighted by molar-refractivity contribution is 5.71. The number of hydrogen-bond acceptors (Lipinski definition) is 6. The molecule has 5 rings (SSSR count). The van der Waals surface area contributed by atoms with Crippen molar-refractivity contribution in [2.75, 3.05) is 32.1 Å². The lowest BCUT2D eigenvalue weighted by Crippen LogP contribution is -2.74. The van der Waals surface area contributed by atoms with Crippen molar-refractivity contribution < 1.29 is 19.4 Å². The van der Waals surface area contributed by atoms with E-state index in [9.17, 15) is 9.90 Å². The second kappa shape index (κ2) is 6.47. The number of carbonyl (C=O) groups is 1. The van der Waals surface area contributed by atoms with E-state index < -0.39 is 17.6 Å². The van der Waals surface area contributed by atoms with Gasteiger partial charge in [0.05, 0.1) is 13.2 Å². The Morgan fingerprint density at radius 2 is 2.13 bits per heavy atom. The van der Waals surface area contributed by atoms with E-state index in [0.29, 0.717) is 0 Å². The van der Waals surface area contributed by atoms with Crippen LogP contribution in [0.2, 0.25) is 0 Å². The molecule has 1 unspecified atom stereocenters. The van der Waals surface area contributed by atoms with E-state index in [2.05, 4.69) is 55.0 Å². The van der Waals surface area contributed by atoms with Crippen LogP contribution in [0.5, 0.6) is 5.75 Å². The van der Waals surface area contributed by atoms with Crippen molar-refractivity contribution in [3.05, 3.63) is 35.4 Å². The van der Waals surface area contributed by atoms with Crippen molar-refractivity contribution in [1.82, 2.24) is 4.90 Å². The fourth-order valence-corrected chi connectivity index (χ4v) is 7.38. The van der Waals surface area contributed by atoms with E-state index in [1.54, 1.807) is 7.11 Å². The minimum absolute atomic E-state index is 0.149. The number of aryl methyl sites for hydroxylation is 1. The number of anilines is 1. The van der Waals surface area contributed by atoms with Gasteiger partial charge in [-0.3, -0.25) is 9.69 Å². The summed E-state index contributed by atoms with van der Waals surface area (Å²) in [5.74, 6) is 0.528. The van der Waals surface area contributed by atoms with Gasteiger partial charge in [0.2, 0.25) is 0 Å². The molecule has 1 aliphatic carbocycles.